The molecular formula is C22H18F3N5O. The van der Waals surface area contributed by atoms with Crippen molar-refractivity contribution in [2.24, 2.45) is 7.05 Å². The lowest BCUT2D eigenvalue weighted by atomic mass is 10.0. The van der Waals surface area contributed by atoms with Gasteiger partial charge in [0.25, 0.3) is 0 Å². The number of nitriles is 1. The van der Waals surface area contributed by atoms with Crippen molar-refractivity contribution < 1.29 is 17.9 Å². The summed E-state index contributed by atoms with van der Waals surface area (Å²) in [6, 6.07) is 7.10. The normalized spacial score (nSPS) is 12.0. The van der Waals surface area contributed by atoms with Gasteiger partial charge in [-0.2, -0.15) is 18.4 Å². The standard InChI is InChI=1S/C22H18F3N5O/c1-4-5-6-7-14(2)13-31-20-9-8-15(10-16(20)22(23,24)25)17-11-19-21(18(12-26)27-17)28-29-30(19)3/h4-11H,2,13H2,1,3H3/b5-4-,7-6-. The van der Waals surface area contributed by atoms with Crippen molar-refractivity contribution in [3.05, 3.63) is 72.0 Å². The van der Waals surface area contributed by atoms with E-state index in [2.05, 4.69) is 21.9 Å². The van der Waals surface area contributed by atoms with Gasteiger partial charge in [0, 0.05) is 12.6 Å². The molecule has 0 bridgehead atoms. The van der Waals surface area contributed by atoms with E-state index in [-0.39, 0.29) is 34.8 Å². The number of allylic oxidation sites excluding steroid dienone is 3. The van der Waals surface area contributed by atoms with Crippen LogP contribution in [0.4, 0.5) is 13.2 Å². The van der Waals surface area contributed by atoms with Gasteiger partial charge in [0.05, 0.1) is 16.8 Å². The van der Waals surface area contributed by atoms with Gasteiger partial charge in [0.1, 0.15) is 23.9 Å². The molecule has 1 aromatic carbocycles. The lowest BCUT2D eigenvalue weighted by molar-refractivity contribution is -0.138. The summed E-state index contributed by atoms with van der Waals surface area (Å²) in [6.07, 6.45) is 2.32. The number of rotatable bonds is 6. The molecule has 2 heterocycles. The van der Waals surface area contributed by atoms with Crippen LogP contribution in [-0.2, 0) is 13.2 Å². The van der Waals surface area contributed by atoms with Crippen molar-refractivity contribution in [2.45, 2.75) is 13.1 Å². The summed E-state index contributed by atoms with van der Waals surface area (Å²) < 4.78 is 47.9. The maximum atomic E-state index is 13.7. The van der Waals surface area contributed by atoms with Gasteiger partial charge in [-0.25, -0.2) is 9.67 Å². The fourth-order valence-corrected chi connectivity index (χ4v) is 2.81. The maximum absolute atomic E-state index is 13.7. The summed E-state index contributed by atoms with van der Waals surface area (Å²) >= 11 is 0. The third-order valence-electron chi connectivity index (χ3n) is 4.34. The second-order valence-electron chi connectivity index (χ2n) is 6.59. The largest absolute Gasteiger partial charge is 0.488 e. The summed E-state index contributed by atoms with van der Waals surface area (Å²) in [4.78, 5) is 4.16. The highest BCUT2D eigenvalue weighted by molar-refractivity contribution is 5.83. The number of halogens is 3. The van der Waals surface area contributed by atoms with Crippen LogP contribution < -0.4 is 4.74 Å². The topological polar surface area (TPSA) is 76.6 Å². The van der Waals surface area contributed by atoms with Crippen LogP contribution in [0.5, 0.6) is 5.75 Å². The van der Waals surface area contributed by atoms with E-state index in [1.807, 2.05) is 19.1 Å². The molecule has 0 N–H and O–H groups in total. The van der Waals surface area contributed by atoms with Gasteiger partial charge in [-0.3, -0.25) is 0 Å². The molecule has 0 aliphatic carbocycles. The molecule has 158 valence electrons. The third kappa shape index (κ3) is 4.80. The van der Waals surface area contributed by atoms with Crippen molar-refractivity contribution in [3.8, 4) is 23.1 Å². The molecule has 0 atom stereocenters. The smallest absolute Gasteiger partial charge is 0.419 e. The van der Waals surface area contributed by atoms with Gasteiger partial charge in [-0.1, -0.05) is 36.1 Å². The van der Waals surface area contributed by atoms with Gasteiger partial charge in [-0.05, 0) is 36.8 Å². The molecular weight excluding hydrogens is 407 g/mol. The molecule has 31 heavy (non-hydrogen) atoms. The summed E-state index contributed by atoms with van der Waals surface area (Å²) in [5, 5.41) is 17.0. The number of benzene rings is 1. The molecule has 9 heteroatoms. The van der Waals surface area contributed by atoms with Gasteiger partial charge >= 0.3 is 6.18 Å². The minimum absolute atomic E-state index is 0.0151. The van der Waals surface area contributed by atoms with Crippen molar-refractivity contribution >= 4 is 11.0 Å². The Hall–Kier alpha value is -3.93. The van der Waals surface area contributed by atoms with Gasteiger partial charge in [-0.15, -0.1) is 5.10 Å². The highest BCUT2D eigenvalue weighted by Crippen LogP contribution is 2.39. The fourth-order valence-electron chi connectivity index (χ4n) is 2.81. The summed E-state index contributed by atoms with van der Waals surface area (Å²) in [7, 11) is 1.62. The first-order chi connectivity index (χ1) is 14.7. The molecule has 0 unspecified atom stereocenters. The van der Waals surface area contributed by atoms with Gasteiger partial charge < -0.3 is 4.74 Å². The van der Waals surface area contributed by atoms with E-state index in [0.717, 1.165) is 6.07 Å². The highest BCUT2D eigenvalue weighted by Gasteiger charge is 2.35. The minimum atomic E-state index is -4.65. The highest BCUT2D eigenvalue weighted by atomic mass is 19.4. The molecule has 0 amide bonds. The number of pyridine rings is 1. The van der Waals surface area contributed by atoms with Gasteiger partial charge in [0.15, 0.2) is 5.69 Å². The molecule has 3 aromatic rings. The summed E-state index contributed by atoms with van der Waals surface area (Å²) in [5.41, 5.74) is 0.715. The number of fused-ring (bicyclic) bond motifs is 1. The zero-order valence-electron chi connectivity index (χ0n) is 16.8. The minimum Gasteiger partial charge on any atom is -0.488 e. The molecule has 0 radical (unpaired) electrons. The van der Waals surface area contributed by atoms with Crippen LogP contribution in [0.3, 0.4) is 0 Å². The zero-order chi connectivity index (χ0) is 22.6. The quantitative estimate of drug-likeness (QED) is 0.520. The van der Waals surface area contributed by atoms with Crippen molar-refractivity contribution in [2.75, 3.05) is 6.61 Å². The van der Waals surface area contributed by atoms with Gasteiger partial charge in [0.2, 0.25) is 0 Å². The first-order valence-electron chi connectivity index (χ1n) is 9.16. The average molecular weight is 425 g/mol. The molecule has 0 aliphatic heterocycles. The molecule has 0 fully saturated rings. The molecule has 6 nitrogen and oxygen atoms in total. The Morgan fingerprint density at radius 2 is 2.06 bits per heavy atom. The van der Waals surface area contributed by atoms with Crippen molar-refractivity contribution in [1.82, 2.24) is 20.0 Å². The Labute approximate surface area is 176 Å². The predicted octanol–water partition coefficient (Wildman–Crippen LogP) is 4.99. The Kier molecular flexibility index (Phi) is 6.20. The molecule has 0 saturated carbocycles. The number of aryl methyl sites for hydroxylation is 1. The second kappa shape index (κ2) is 8.83. The molecule has 3 rings (SSSR count). The van der Waals surface area contributed by atoms with E-state index in [9.17, 15) is 18.4 Å². The monoisotopic (exact) mass is 425 g/mol. The average Bonchev–Trinajstić information content (AvgIpc) is 3.12. The number of hydrogen-bond acceptors (Lipinski definition) is 5. The van der Waals surface area contributed by atoms with Crippen LogP contribution >= 0.6 is 0 Å². The van der Waals surface area contributed by atoms with Crippen LogP contribution in [0.2, 0.25) is 0 Å². The molecule has 0 aliphatic rings. The number of hydrogen-bond donors (Lipinski definition) is 0. The number of ether oxygens (including phenoxy) is 1. The van der Waals surface area contributed by atoms with Crippen molar-refractivity contribution in [3.63, 3.8) is 0 Å². The fraction of sp³-hybridized carbons (Fsp3) is 0.182. The Morgan fingerprint density at radius 1 is 1.29 bits per heavy atom. The maximum Gasteiger partial charge on any atom is 0.419 e. The van der Waals surface area contributed by atoms with Crippen LogP contribution in [0, 0.1) is 11.3 Å². The van der Waals surface area contributed by atoms with E-state index in [1.54, 1.807) is 31.3 Å². The number of aromatic nitrogens is 4. The number of alkyl halides is 3. The predicted molar refractivity (Wildman–Crippen MR) is 110 cm³/mol. The molecule has 2 aromatic heterocycles. The Balaban J connectivity index is 1.99. The zero-order valence-corrected chi connectivity index (χ0v) is 16.8. The Morgan fingerprint density at radius 3 is 2.74 bits per heavy atom. The van der Waals surface area contributed by atoms with E-state index < -0.39 is 11.7 Å². The van der Waals surface area contributed by atoms with Crippen LogP contribution in [-0.4, -0.2) is 26.6 Å². The van der Waals surface area contributed by atoms with Crippen LogP contribution in [0.1, 0.15) is 18.2 Å². The summed E-state index contributed by atoms with van der Waals surface area (Å²) in [5.74, 6) is -0.319. The Bertz CT molecular complexity index is 1230. The first-order valence-corrected chi connectivity index (χ1v) is 9.16. The lowest BCUT2D eigenvalue weighted by Crippen LogP contribution is -2.10. The van der Waals surface area contributed by atoms with E-state index >= 15 is 0 Å². The van der Waals surface area contributed by atoms with E-state index in [1.165, 1.54) is 16.8 Å². The van der Waals surface area contributed by atoms with E-state index in [4.69, 9.17) is 4.74 Å². The first kappa shape index (κ1) is 21.8. The summed E-state index contributed by atoms with van der Waals surface area (Å²) in [6.45, 7) is 5.52. The molecule has 0 saturated heterocycles. The number of nitrogens with zero attached hydrogens (tertiary/aromatic N) is 5. The van der Waals surface area contributed by atoms with Crippen molar-refractivity contribution in [1.29, 1.82) is 5.26 Å². The van der Waals surface area contributed by atoms with Crippen LogP contribution in [0.25, 0.3) is 22.3 Å². The SMILES string of the molecule is C=C(/C=C\C=C/C)COc1ccc(-c2cc3c(nnn3C)c(C#N)n2)cc1C(F)(F)F. The van der Waals surface area contributed by atoms with Crippen LogP contribution in [0.15, 0.2) is 60.7 Å². The van der Waals surface area contributed by atoms with E-state index in [0.29, 0.717) is 11.1 Å². The lowest BCUT2D eigenvalue weighted by Gasteiger charge is -2.15. The second-order valence-corrected chi connectivity index (χ2v) is 6.59. The molecule has 0 spiro atoms. The third-order valence-corrected chi connectivity index (χ3v) is 4.34.